The van der Waals surface area contributed by atoms with E-state index >= 15 is 0 Å². The predicted octanol–water partition coefficient (Wildman–Crippen LogP) is 3.78. The van der Waals surface area contributed by atoms with E-state index in [-0.39, 0.29) is 0 Å². The molecular formula is C17H25NO. The van der Waals surface area contributed by atoms with Gasteiger partial charge in [-0.3, -0.25) is 0 Å². The van der Waals surface area contributed by atoms with Crippen molar-refractivity contribution in [1.29, 1.82) is 0 Å². The molecule has 0 amide bonds. The Hall–Kier alpha value is -0.860. The smallest absolute Gasteiger partial charge is 0.0839 e. The average Bonchev–Trinajstić information content (AvgIpc) is 3.30. The average molecular weight is 259 g/mol. The van der Waals surface area contributed by atoms with Crippen molar-refractivity contribution in [3.05, 3.63) is 35.4 Å². The highest BCUT2D eigenvalue weighted by atomic mass is 16.5. The summed E-state index contributed by atoms with van der Waals surface area (Å²) in [5.41, 5.74) is 2.90. The van der Waals surface area contributed by atoms with Gasteiger partial charge >= 0.3 is 0 Å². The third kappa shape index (κ3) is 3.37. The number of hydrogen-bond donors (Lipinski definition) is 1. The lowest BCUT2D eigenvalue weighted by Gasteiger charge is -2.30. The third-order valence-electron chi connectivity index (χ3n) is 4.30. The Kier molecular flexibility index (Phi) is 4.19. The summed E-state index contributed by atoms with van der Waals surface area (Å²) in [5.74, 6) is 0.831. The molecule has 3 rings (SSSR count). The van der Waals surface area contributed by atoms with Gasteiger partial charge in [0.2, 0.25) is 0 Å². The quantitative estimate of drug-likeness (QED) is 0.869. The van der Waals surface area contributed by atoms with Crippen molar-refractivity contribution < 1.29 is 4.74 Å². The fourth-order valence-electron chi connectivity index (χ4n) is 2.99. The molecule has 19 heavy (non-hydrogen) atoms. The summed E-state index contributed by atoms with van der Waals surface area (Å²) in [7, 11) is 0. The highest BCUT2D eigenvalue weighted by Crippen LogP contribution is 2.41. The van der Waals surface area contributed by atoms with Gasteiger partial charge in [-0.1, -0.05) is 31.2 Å². The van der Waals surface area contributed by atoms with E-state index in [9.17, 15) is 0 Å². The maximum Gasteiger partial charge on any atom is 0.0839 e. The first-order valence-electron chi connectivity index (χ1n) is 7.81. The molecule has 0 radical (unpaired) electrons. The van der Waals surface area contributed by atoms with Gasteiger partial charge in [-0.15, -0.1) is 0 Å². The Bertz CT molecular complexity index is 413. The lowest BCUT2D eigenvalue weighted by molar-refractivity contribution is 0.000319. The normalized spacial score (nSPS) is 27.4. The molecule has 2 atom stereocenters. The van der Waals surface area contributed by atoms with Crippen LogP contribution >= 0.6 is 0 Å². The Labute approximate surface area is 116 Å². The van der Waals surface area contributed by atoms with Crippen LogP contribution in [0.25, 0.3) is 0 Å². The fourth-order valence-corrected chi connectivity index (χ4v) is 2.99. The van der Waals surface area contributed by atoms with E-state index in [2.05, 4.69) is 36.5 Å². The lowest BCUT2D eigenvalue weighted by Crippen LogP contribution is -2.36. The molecule has 0 spiro atoms. The summed E-state index contributed by atoms with van der Waals surface area (Å²) in [6.07, 6.45) is 6.51. The van der Waals surface area contributed by atoms with Crippen LogP contribution in [-0.4, -0.2) is 19.2 Å². The van der Waals surface area contributed by atoms with Gasteiger partial charge in [0.15, 0.2) is 0 Å². The van der Waals surface area contributed by atoms with Gasteiger partial charge in [-0.25, -0.2) is 0 Å². The van der Waals surface area contributed by atoms with Crippen LogP contribution in [0.3, 0.4) is 0 Å². The number of benzene rings is 1. The second-order valence-electron chi connectivity index (χ2n) is 5.98. The van der Waals surface area contributed by atoms with Crippen LogP contribution in [0.2, 0.25) is 0 Å². The molecule has 1 heterocycles. The zero-order chi connectivity index (χ0) is 13.1. The molecule has 1 aliphatic heterocycles. The minimum absolute atomic E-state index is 0.293. The maximum absolute atomic E-state index is 5.99. The molecule has 1 saturated heterocycles. The largest absolute Gasteiger partial charge is 0.373 e. The van der Waals surface area contributed by atoms with E-state index in [0.717, 1.165) is 31.9 Å². The van der Waals surface area contributed by atoms with Gasteiger partial charge in [0.25, 0.3) is 0 Å². The molecule has 0 bridgehead atoms. The van der Waals surface area contributed by atoms with Crippen molar-refractivity contribution in [3.63, 3.8) is 0 Å². The van der Waals surface area contributed by atoms with Crippen molar-refractivity contribution in [1.82, 2.24) is 5.32 Å². The number of hydrogen-bond acceptors (Lipinski definition) is 2. The summed E-state index contributed by atoms with van der Waals surface area (Å²) >= 11 is 0. The molecule has 2 unspecified atom stereocenters. The first-order valence-corrected chi connectivity index (χ1v) is 7.81. The zero-order valence-electron chi connectivity index (χ0n) is 11.9. The van der Waals surface area contributed by atoms with Gasteiger partial charge < -0.3 is 10.1 Å². The highest BCUT2D eigenvalue weighted by molar-refractivity contribution is 5.30. The Morgan fingerprint density at radius 2 is 2.05 bits per heavy atom. The highest BCUT2D eigenvalue weighted by Gasteiger charge is 2.26. The Balaban J connectivity index is 1.65. The van der Waals surface area contributed by atoms with Gasteiger partial charge in [0.1, 0.15) is 0 Å². The van der Waals surface area contributed by atoms with Gasteiger partial charge in [-0.2, -0.15) is 0 Å². The molecule has 2 fully saturated rings. The molecule has 1 N–H and O–H groups in total. The van der Waals surface area contributed by atoms with Crippen LogP contribution in [0.1, 0.15) is 62.2 Å². The maximum atomic E-state index is 5.99. The summed E-state index contributed by atoms with van der Waals surface area (Å²) in [4.78, 5) is 0. The van der Waals surface area contributed by atoms with Crippen molar-refractivity contribution >= 4 is 0 Å². The Morgan fingerprint density at radius 1 is 1.21 bits per heavy atom. The minimum Gasteiger partial charge on any atom is -0.373 e. The summed E-state index contributed by atoms with van der Waals surface area (Å²) in [6.45, 7) is 4.24. The van der Waals surface area contributed by atoms with E-state index in [1.54, 1.807) is 0 Å². The van der Waals surface area contributed by atoms with Crippen molar-refractivity contribution in [2.24, 2.45) is 0 Å². The monoisotopic (exact) mass is 259 g/mol. The summed E-state index contributed by atoms with van der Waals surface area (Å²) in [6, 6.07) is 9.72. The van der Waals surface area contributed by atoms with Crippen LogP contribution < -0.4 is 5.32 Å². The van der Waals surface area contributed by atoms with Crippen molar-refractivity contribution in [2.45, 2.75) is 57.1 Å². The fraction of sp³-hybridized carbons (Fsp3) is 0.647. The molecule has 0 aromatic heterocycles. The SMILES string of the molecule is CCCNC1CCOC(c2cccc(C3CC3)c2)C1. The second-order valence-corrected chi connectivity index (χ2v) is 5.98. The van der Waals surface area contributed by atoms with Crippen LogP contribution in [0.4, 0.5) is 0 Å². The van der Waals surface area contributed by atoms with E-state index in [1.807, 2.05) is 0 Å². The molecule has 1 aliphatic carbocycles. The van der Waals surface area contributed by atoms with E-state index < -0.39 is 0 Å². The summed E-state index contributed by atoms with van der Waals surface area (Å²) < 4.78 is 5.99. The van der Waals surface area contributed by atoms with Crippen LogP contribution in [-0.2, 0) is 4.74 Å². The van der Waals surface area contributed by atoms with Gasteiger partial charge in [-0.05, 0) is 55.7 Å². The van der Waals surface area contributed by atoms with Crippen molar-refractivity contribution in [3.8, 4) is 0 Å². The van der Waals surface area contributed by atoms with Gasteiger partial charge in [0, 0.05) is 12.6 Å². The lowest BCUT2D eigenvalue weighted by atomic mass is 9.95. The van der Waals surface area contributed by atoms with Crippen LogP contribution in [0.15, 0.2) is 24.3 Å². The van der Waals surface area contributed by atoms with Crippen LogP contribution in [0, 0.1) is 0 Å². The van der Waals surface area contributed by atoms with Crippen LogP contribution in [0.5, 0.6) is 0 Å². The second kappa shape index (κ2) is 6.06. The van der Waals surface area contributed by atoms with E-state index in [0.29, 0.717) is 12.1 Å². The molecule has 1 aromatic carbocycles. The molecule has 2 nitrogen and oxygen atoms in total. The molecule has 2 heteroatoms. The van der Waals surface area contributed by atoms with Gasteiger partial charge in [0.05, 0.1) is 6.10 Å². The predicted molar refractivity (Wildman–Crippen MR) is 78.4 cm³/mol. The first kappa shape index (κ1) is 13.1. The topological polar surface area (TPSA) is 21.3 Å². The van der Waals surface area contributed by atoms with E-state index in [4.69, 9.17) is 4.74 Å². The van der Waals surface area contributed by atoms with Crippen molar-refractivity contribution in [2.75, 3.05) is 13.2 Å². The van der Waals surface area contributed by atoms with E-state index in [1.165, 1.54) is 30.4 Å². The standard InChI is InChI=1S/C17H25NO/c1-2-9-18-16-8-10-19-17(12-16)15-5-3-4-14(11-15)13-6-7-13/h3-5,11,13,16-18H,2,6-10,12H2,1H3. The molecule has 1 saturated carbocycles. The number of rotatable bonds is 5. The third-order valence-corrected chi connectivity index (χ3v) is 4.30. The number of nitrogens with one attached hydrogen (secondary N) is 1. The minimum atomic E-state index is 0.293. The first-order chi connectivity index (χ1) is 9.36. The zero-order valence-corrected chi connectivity index (χ0v) is 11.9. The molecule has 1 aromatic rings. The molecular weight excluding hydrogens is 234 g/mol. The number of ether oxygens (including phenoxy) is 1. The summed E-state index contributed by atoms with van der Waals surface area (Å²) in [5, 5.41) is 3.64. The molecule has 2 aliphatic rings. The molecule has 104 valence electrons. The Morgan fingerprint density at radius 3 is 2.84 bits per heavy atom.